The first-order chi connectivity index (χ1) is 8.31. The van der Waals surface area contributed by atoms with Crippen LogP contribution >= 0.6 is 27.3 Å². The van der Waals surface area contributed by atoms with Crippen LogP contribution in [0.3, 0.4) is 0 Å². The van der Waals surface area contributed by atoms with Crippen LogP contribution in [0.1, 0.15) is 30.2 Å². The molecule has 2 fully saturated rings. The van der Waals surface area contributed by atoms with Crippen LogP contribution in [-0.2, 0) is 0 Å². The molecular weight excluding hydrogens is 296 g/mol. The zero-order valence-corrected chi connectivity index (χ0v) is 12.6. The van der Waals surface area contributed by atoms with E-state index in [2.05, 4.69) is 44.6 Å². The second kappa shape index (κ2) is 5.00. The molecular formula is C13H19BrN2S. The van der Waals surface area contributed by atoms with Gasteiger partial charge in [-0.25, -0.2) is 0 Å². The topological polar surface area (TPSA) is 15.3 Å². The minimum atomic E-state index is 0.643. The number of nitrogens with zero attached hydrogens (tertiary/aromatic N) is 1. The van der Waals surface area contributed by atoms with Crippen molar-refractivity contribution in [2.45, 2.75) is 31.3 Å². The van der Waals surface area contributed by atoms with E-state index in [1.54, 1.807) is 0 Å². The van der Waals surface area contributed by atoms with Crippen LogP contribution in [0, 0.1) is 5.92 Å². The molecule has 2 aliphatic rings. The van der Waals surface area contributed by atoms with Crippen LogP contribution in [0.5, 0.6) is 0 Å². The smallest absolute Gasteiger partial charge is 0.0496 e. The lowest BCUT2D eigenvalue weighted by Crippen LogP contribution is -2.30. The van der Waals surface area contributed by atoms with Crippen LogP contribution < -0.4 is 5.32 Å². The van der Waals surface area contributed by atoms with Gasteiger partial charge < -0.3 is 5.32 Å². The lowest BCUT2D eigenvalue weighted by molar-refractivity contribution is 0.220. The van der Waals surface area contributed by atoms with Crippen molar-refractivity contribution >= 4 is 27.3 Å². The van der Waals surface area contributed by atoms with Crippen molar-refractivity contribution in [2.24, 2.45) is 5.92 Å². The van der Waals surface area contributed by atoms with Crippen molar-refractivity contribution in [3.8, 4) is 0 Å². The highest BCUT2D eigenvalue weighted by atomic mass is 79.9. The number of likely N-dealkylation sites (tertiary alicyclic amines) is 1. The lowest BCUT2D eigenvalue weighted by atomic mass is 9.99. The molecule has 1 aromatic rings. The molecule has 0 radical (unpaired) electrons. The molecule has 0 aromatic carbocycles. The summed E-state index contributed by atoms with van der Waals surface area (Å²) < 4.78 is 1.31. The van der Waals surface area contributed by atoms with Crippen LogP contribution in [0.15, 0.2) is 15.9 Å². The maximum atomic E-state index is 3.72. The Hall–Kier alpha value is 0.100. The molecule has 0 spiro atoms. The first kappa shape index (κ1) is 12.2. The molecule has 0 bridgehead atoms. The van der Waals surface area contributed by atoms with E-state index in [1.807, 2.05) is 11.3 Å². The fourth-order valence-corrected chi connectivity index (χ4v) is 4.88. The molecule has 4 heteroatoms. The van der Waals surface area contributed by atoms with E-state index >= 15 is 0 Å². The van der Waals surface area contributed by atoms with Gasteiger partial charge in [0, 0.05) is 21.4 Å². The van der Waals surface area contributed by atoms with E-state index in [9.17, 15) is 0 Å². The van der Waals surface area contributed by atoms with Gasteiger partial charge in [-0.15, -0.1) is 11.3 Å². The minimum Gasteiger partial charge on any atom is -0.319 e. The van der Waals surface area contributed by atoms with Crippen molar-refractivity contribution < 1.29 is 0 Å². The molecule has 0 amide bonds. The van der Waals surface area contributed by atoms with Gasteiger partial charge in [0.1, 0.15) is 0 Å². The molecule has 3 rings (SSSR count). The Morgan fingerprint density at radius 1 is 1.47 bits per heavy atom. The Labute approximate surface area is 116 Å². The predicted molar refractivity (Wildman–Crippen MR) is 76.5 cm³/mol. The van der Waals surface area contributed by atoms with E-state index < -0.39 is 0 Å². The van der Waals surface area contributed by atoms with E-state index in [-0.39, 0.29) is 0 Å². The number of thiophene rings is 1. The number of rotatable bonds is 4. The van der Waals surface area contributed by atoms with Gasteiger partial charge in [0.2, 0.25) is 0 Å². The molecule has 2 atom stereocenters. The normalized spacial score (nSPS) is 30.0. The molecule has 2 unspecified atom stereocenters. The van der Waals surface area contributed by atoms with Gasteiger partial charge in [-0.2, -0.15) is 0 Å². The van der Waals surface area contributed by atoms with E-state index in [1.165, 1.54) is 35.2 Å². The molecule has 1 N–H and O–H groups in total. The third-order valence-electron chi connectivity index (χ3n) is 3.96. The number of nitrogens with one attached hydrogen (secondary N) is 1. The summed E-state index contributed by atoms with van der Waals surface area (Å²) in [6, 6.07) is 3.71. The Morgan fingerprint density at radius 2 is 2.29 bits per heavy atom. The van der Waals surface area contributed by atoms with Crippen molar-refractivity contribution in [3.05, 3.63) is 20.8 Å². The van der Waals surface area contributed by atoms with E-state index in [0.717, 1.165) is 18.5 Å². The largest absolute Gasteiger partial charge is 0.319 e. The highest BCUT2D eigenvalue weighted by molar-refractivity contribution is 9.10. The van der Waals surface area contributed by atoms with Crippen LogP contribution in [0.4, 0.5) is 0 Å². The van der Waals surface area contributed by atoms with Gasteiger partial charge in [0.25, 0.3) is 0 Å². The summed E-state index contributed by atoms with van der Waals surface area (Å²) in [5, 5.41) is 5.57. The summed E-state index contributed by atoms with van der Waals surface area (Å²) >= 11 is 5.62. The Kier molecular flexibility index (Phi) is 3.57. The second-order valence-electron chi connectivity index (χ2n) is 5.15. The summed E-state index contributed by atoms with van der Waals surface area (Å²) in [5.41, 5.74) is 0. The predicted octanol–water partition coefficient (Wildman–Crippen LogP) is 3.26. The fourth-order valence-electron chi connectivity index (χ4n) is 3.06. The fraction of sp³-hybridized carbons (Fsp3) is 0.692. The number of halogens is 1. The highest BCUT2D eigenvalue weighted by Crippen LogP contribution is 2.47. The summed E-state index contributed by atoms with van der Waals surface area (Å²) in [5.74, 6) is 0.774. The molecule has 2 nitrogen and oxygen atoms in total. The standard InChI is InChI=1S/C13H19BrN2S/c1-15-8-9-4-6-16(10-2-3-10)12(9)13-11(14)5-7-17-13/h5,7,9-10,12,15H,2-4,6,8H2,1H3. The molecule has 1 aromatic heterocycles. The van der Waals surface area contributed by atoms with Gasteiger partial charge in [-0.3, -0.25) is 4.90 Å². The molecule has 94 valence electrons. The van der Waals surface area contributed by atoms with Crippen molar-refractivity contribution in [2.75, 3.05) is 20.1 Å². The quantitative estimate of drug-likeness (QED) is 0.917. The lowest BCUT2D eigenvalue weighted by Gasteiger charge is -2.27. The third-order valence-corrected chi connectivity index (χ3v) is 5.90. The van der Waals surface area contributed by atoms with Crippen molar-refractivity contribution in [1.29, 1.82) is 0 Å². The second-order valence-corrected chi connectivity index (χ2v) is 6.96. The summed E-state index contributed by atoms with van der Waals surface area (Å²) in [4.78, 5) is 4.29. The van der Waals surface area contributed by atoms with Gasteiger partial charge in [0.05, 0.1) is 0 Å². The summed E-state index contributed by atoms with van der Waals surface area (Å²) in [6.45, 7) is 2.42. The monoisotopic (exact) mass is 314 g/mol. The van der Waals surface area contributed by atoms with E-state index in [0.29, 0.717) is 6.04 Å². The van der Waals surface area contributed by atoms with Gasteiger partial charge in [-0.05, 0) is 72.7 Å². The first-order valence-corrected chi connectivity index (χ1v) is 8.11. The zero-order valence-electron chi connectivity index (χ0n) is 10.2. The minimum absolute atomic E-state index is 0.643. The molecule has 1 saturated carbocycles. The average molecular weight is 315 g/mol. The SMILES string of the molecule is CNCC1CCN(C2CC2)C1c1sccc1Br. The average Bonchev–Trinajstić information content (AvgIpc) is 2.96. The Bertz CT molecular complexity index is 389. The Balaban J connectivity index is 1.86. The molecule has 1 aliphatic carbocycles. The van der Waals surface area contributed by atoms with Crippen LogP contribution in [-0.4, -0.2) is 31.1 Å². The Morgan fingerprint density at radius 3 is 2.88 bits per heavy atom. The van der Waals surface area contributed by atoms with Crippen LogP contribution in [0.2, 0.25) is 0 Å². The molecule has 1 saturated heterocycles. The van der Waals surface area contributed by atoms with Gasteiger partial charge >= 0.3 is 0 Å². The van der Waals surface area contributed by atoms with Gasteiger partial charge in [-0.1, -0.05) is 0 Å². The molecule has 17 heavy (non-hydrogen) atoms. The van der Waals surface area contributed by atoms with Gasteiger partial charge in [0.15, 0.2) is 0 Å². The molecule has 2 heterocycles. The number of hydrogen-bond acceptors (Lipinski definition) is 3. The number of hydrogen-bond donors (Lipinski definition) is 1. The third kappa shape index (κ3) is 2.33. The maximum Gasteiger partial charge on any atom is 0.0496 e. The maximum absolute atomic E-state index is 3.72. The summed E-state index contributed by atoms with van der Waals surface area (Å²) in [7, 11) is 2.07. The van der Waals surface area contributed by atoms with E-state index in [4.69, 9.17) is 0 Å². The summed E-state index contributed by atoms with van der Waals surface area (Å²) in [6.07, 6.45) is 4.16. The van der Waals surface area contributed by atoms with Crippen LogP contribution in [0.25, 0.3) is 0 Å². The zero-order chi connectivity index (χ0) is 11.8. The molecule has 1 aliphatic heterocycles. The highest BCUT2D eigenvalue weighted by Gasteiger charge is 2.43. The van der Waals surface area contributed by atoms with Crippen molar-refractivity contribution in [1.82, 2.24) is 10.2 Å². The van der Waals surface area contributed by atoms with Crippen molar-refractivity contribution in [3.63, 3.8) is 0 Å². The first-order valence-electron chi connectivity index (χ1n) is 6.44.